The fourth-order valence-corrected chi connectivity index (χ4v) is 2.65. The molecule has 48 heavy (non-hydrogen) atoms. The van der Waals surface area contributed by atoms with Crippen LogP contribution < -0.4 is 10.6 Å². The molecule has 0 aliphatic rings. The molecule has 0 bridgehead atoms. The monoisotopic (exact) mass is 685 g/mol. The van der Waals surface area contributed by atoms with Gasteiger partial charge in [0.1, 0.15) is 13.2 Å². The first-order valence-corrected chi connectivity index (χ1v) is 16.7. The Kier molecular flexibility index (Phi) is 20.2. The molecule has 0 aliphatic heterocycles. The van der Waals surface area contributed by atoms with Crippen molar-refractivity contribution in [3.8, 4) is 0 Å². The maximum Gasteiger partial charge on any atom is 0.248 e. The fourth-order valence-electron chi connectivity index (χ4n) is 2.65. The van der Waals surface area contributed by atoms with Crippen LogP contribution in [0.3, 0.4) is 0 Å². The van der Waals surface area contributed by atoms with Gasteiger partial charge in [-0.3, -0.25) is 28.8 Å². The quantitative estimate of drug-likeness (QED) is 0.324. The van der Waals surface area contributed by atoms with Gasteiger partial charge in [0.25, 0.3) is 0 Å². The summed E-state index contributed by atoms with van der Waals surface area (Å²) in [7, 11) is 3.51. The second kappa shape index (κ2) is 19.5. The molecule has 0 aliphatic carbocycles. The summed E-state index contributed by atoms with van der Waals surface area (Å²) in [5.41, 5.74) is -2.00. The van der Waals surface area contributed by atoms with Crippen LogP contribution >= 0.6 is 0 Å². The van der Waals surface area contributed by atoms with Gasteiger partial charge in [-0.05, 0) is 41.5 Å². The Hall–Kier alpha value is -2.66. The van der Waals surface area contributed by atoms with Gasteiger partial charge in [0.15, 0.2) is 17.3 Å². The molecule has 11 nitrogen and oxygen atoms in total. The van der Waals surface area contributed by atoms with E-state index in [1.807, 2.05) is 125 Å². The Morgan fingerprint density at radius 2 is 0.812 bits per heavy atom. The molecule has 0 saturated heterocycles. The molecule has 0 heterocycles. The molecule has 0 fully saturated rings. The van der Waals surface area contributed by atoms with E-state index in [1.54, 1.807) is 23.9 Å². The van der Waals surface area contributed by atoms with Crippen molar-refractivity contribution in [1.82, 2.24) is 20.4 Å². The van der Waals surface area contributed by atoms with Gasteiger partial charge in [0.05, 0.1) is 19.6 Å². The van der Waals surface area contributed by atoms with Crippen LogP contribution in [0.25, 0.3) is 0 Å². The molecule has 0 atom stereocenters. The van der Waals surface area contributed by atoms with E-state index in [9.17, 15) is 28.8 Å². The first-order valence-electron chi connectivity index (χ1n) is 16.7. The topological polar surface area (TPSA) is 142 Å². The van der Waals surface area contributed by atoms with Gasteiger partial charge in [-0.2, -0.15) is 0 Å². The summed E-state index contributed by atoms with van der Waals surface area (Å²) in [6.07, 6.45) is 0. The molecular formula is C37H72N4O7. The SMILES string of the molecule is CC(C)(C)C(=O)CNC(=O)C(C)(C)C.CN(C(=O)CNCC(=O)C(C)(C)C)C(C)(C)C.CN(C(=O)COCC(=O)C(C)(C)C)C(C)(C)C. The van der Waals surface area contributed by atoms with Gasteiger partial charge in [0, 0.05) is 46.8 Å². The average Bonchev–Trinajstić information content (AvgIpc) is 2.87. The Labute approximate surface area is 293 Å². The molecular weight excluding hydrogens is 612 g/mol. The van der Waals surface area contributed by atoms with E-state index in [1.165, 1.54) is 0 Å². The molecule has 0 radical (unpaired) electrons. The van der Waals surface area contributed by atoms with Crippen LogP contribution in [0.15, 0.2) is 0 Å². The lowest BCUT2D eigenvalue weighted by atomic mass is 9.90. The number of rotatable bonds is 10. The van der Waals surface area contributed by atoms with Crippen LogP contribution in [0.2, 0.25) is 0 Å². The third-order valence-corrected chi connectivity index (χ3v) is 7.38. The third-order valence-electron chi connectivity index (χ3n) is 7.38. The maximum absolute atomic E-state index is 11.8. The van der Waals surface area contributed by atoms with Gasteiger partial charge < -0.3 is 25.2 Å². The van der Waals surface area contributed by atoms with Crippen LogP contribution in [0.5, 0.6) is 0 Å². The second-order valence-corrected chi connectivity index (χ2v) is 18.3. The molecule has 0 aromatic rings. The number of hydrogen-bond donors (Lipinski definition) is 2. The zero-order valence-corrected chi connectivity index (χ0v) is 34.3. The molecule has 2 N–H and O–H groups in total. The summed E-state index contributed by atoms with van der Waals surface area (Å²) in [6, 6.07) is 0. The van der Waals surface area contributed by atoms with Crippen molar-refractivity contribution in [2.75, 3.05) is 46.9 Å². The number of Topliss-reactive ketones (excluding diaryl/α,β-unsaturated/α-hetero) is 3. The normalized spacial score (nSPS) is 12.4. The number of ketones is 3. The Morgan fingerprint density at radius 1 is 0.458 bits per heavy atom. The van der Waals surface area contributed by atoms with Gasteiger partial charge in [-0.15, -0.1) is 0 Å². The Bertz CT molecular complexity index is 986. The number of likely N-dealkylation sites (N-methyl/N-ethyl adjacent to an activating group) is 2. The van der Waals surface area contributed by atoms with Crippen molar-refractivity contribution >= 4 is 35.1 Å². The first-order chi connectivity index (χ1) is 21.0. The molecule has 3 amide bonds. The lowest BCUT2D eigenvalue weighted by Crippen LogP contribution is -2.47. The Morgan fingerprint density at radius 3 is 1.15 bits per heavy atom. The highest BCUT2D eigenvalue weighted by Gasteiger charge is 2.27. The van der Waals surface area contributed by atoms with Crippen molar-refractivity contribution in [1.29, 1.82) is 0 Å². The predicted molar refractivity (Wildman–Crippen MR) is 195 cm³/mol. The van der Waals surface area contributed by atoms with Crippen molar-refractivity contribution in [3.63, 3.8) is 0 Å². The number of amides is 3. The van der Waals surface area contributed by atoms with E-state index in [4.69, 9.17) is 4.74 Å². The molecule has 0 aromatic heterocycles. The van der Waals surface area contributed by atoms with E-state index in [2.05, 4.69) is 10.6 Å². The second-order valence-electron chi connectivity index (χ2n) is 18.3. The Balaban J connectivity index is -0.000000637. The van der Waals surface area contributed by atoms with E-state index >= 15 is 0 Å². The van der Waals surface area contributed by atoms with E-state index in [0.29, 0.717) is 0 Å². The van der Waals surface area contributed by atoms with Crippen LogP contribution in [0.1, 0.15) is 125 Å². The van der Waals surface area contributed by atoms with Gasteiger partial charge >= 0.3 is 0 Å². The number of nitrogens with one attached hydrogen (secondary N) is 2. The minimum atomic E-state index is -0.432. The smallest absolute Gasteiger partial charge is 0.248 e. The highest BCUT2D eigenvalue weighted by Crippen LogP contribution is 2.17. The van der Waals surface area contributed by atoms with Gasteiger partial charge in [0.2, 0.25) is 17.7 Å². The molecule has 0 unspecified atom stereocenters. The van der Waals surface area contributed by atoms with E-state index in [-0.39, 0.29) is 89.8 Å². The van der Waals surface area contributed by atoms with Crippen molar-refractivity contribution in [2.24, 2.45) is 21.7 Å². The molecule has 0 spiro atoms. The number of carbonyl (C=O) groups excluding carboxylic acids is 6. The van der Waals surface area contributed by atoms with Crippen LogP contribution in [-0.4, -0.2) is 103 Å². The number of carbonyl (C=O) groups is 6. The molecule has 282 valence electrons. The lowest BCUT2D eigenvalue weighted by Gasteiger charge is -2.32. The summed E-state index contributed by atoms with van der Waals surface area (Å²) in [4.78, 5) is 72.9. The molecule has 0 rings (SSSR count). The highest BCUT2D eigenvalue weighted by atomic mass is 16.5. The predicted octanol–water partition coefficient (Wildman–Crippen LogP) is 5.09. The number of hydrogen-bond acceptors (Lipinski definition) is 8. The van der Waals surface area contributed by atoms with Crippen LogP contribution in [-0.2, 0) is 33.5 Å². The van der Waals surface area contributed by atoms with Gasteiger partial charge in [-0.1, -0.05) is 83.1 Å². The largest absolute Gasteiger partial charge is 0.364 e. The highest BCUT2D eigenvalue weighted by molar-refractivity contribution is 5.90. The van der Waals surface area contributed by atoms with Crippen molar-refractivity contribution in [2.45, 2.75) is 136 Å². The first kappa shape index (κ1) is 49.7. The van der Waals surface area contributed by atoms with Crippen LogP contribution in [0.4, 0.5) is 0 Å². The maximum atomic E-state index is 11.8. The summed E-state index contributed by atoms with van der Waals surface area (Å²) in [6.45, 7) is 34.4. The summed E-state index contributed by atoms with van der Waals surface area (Å²) in [5.74, 6) is -0.0314. The summed E-state index contributed by atoms with van der Waals surface area (Å²) in [5, 5.41) is 5.54. The summed E-state index contributed by atoms with van der Waals surface area (Å²) < 4.78 is 5.16. The minimum absolute atomic E-state index is 0.000732. The fraction of sp³-hybridized carbons (Fsp3) is 0.838. The van der Waals surface area contributed by atoms with Gasteiger partial charge in [-0.25, -0.2) is 0 Å². The van der Waals surface area contributed by atoms with Crippen molar-refractivity contribution in [3.05, 3.63) is 0 Å². The summed E-state index contributed by atoms with van der Waals surface area (Å²) >= 11 is 0. The number of ether oxygens (including phenoxy) is 1. The third kappa shape index (κ3) is 22.8. The van der Waals surface area contributed by atoms with E-state index in [0.717, 1.165) is 0 Å². The van der Waals surface area contributed by atoms with Crippen LogP contribution in [0, 0.1) is 21.7 Å². The zero-order chi connectivity index (χ0) is 39.3. The molecule has 0 saturated carbocycles. The van der Waals surface area contributed by atoms with E-state index < -0.39 is 10.8 Å². The zero-order valence-electron chi connectivity index (χ0n) is 34.3. The minimum Gasteiger partial charge on any atom is -0.364 e. The lowest BCUT2D eigenvalue weighted by molar-refractivity contribution is -0.142. The number of nitrogens with zero attached hydrogens (tertiary/aromatic N) is 2. The molecule has 0 aromatic carbocycles. The van der Waals surface area contributed by atoms with Crippen molar-refractivity contribution < 1.29 is 33.5 Å². The standard InChI is InChI=1S/C13H26N2O2.C13H25NO3.C11H21NO2/c1-12(2,3)10(16)8-14-9-11(17)15(7)13(4,5)6;1-12(2,3)10(15)8-17-9-11(16)14(7)13(4,5)6;1-10(2,3)8(13)7-12-9(14)11(4,5)6/h14H,8-9H2,1-7H3;8-9H2,1-7H3;7H2,1-6H3,(H,12,14). The average molecular weight is 685 g/mol. The molecule has 11 heteroatoms.